The van der Waals surface area contributed by atoms with Gasteiger partial charge in [0.25, 0.3) is 0 Å². The maximum absolute atomic E-state index is 12.1. The van der Waals surface area contributed by atoms with Crippen LogP contribution in [0.3, 0.4) is 0 Å². The zero-order valence-electron chi connectivity index (χ0n) is 11.4. The largest absolute Gasteiger partial charge is 0.324 e. The molecule has 1 N–H and O–H groups in total. The number of carbonyl (C=O) groups excluding carboxylic acids is 1. The molecule has 0 aliphatic rings. The smallest absolute Gasteiger partial charge is 0.307 e. The maximum Gasteiger partial charge on any atom is 0.307 e. The van der Waals surface area contributed by atoms with E-state index < -0.39 is 11.0 Å². The predicted octanol–water partition coefficient (Wildman–Crippen LogP) is 3.06. The summed E-state index contributed by atoms with van der Waals surface area (Å²) in [5, 5.41) is 17.2. The highest BCUT2D eigenvalue weighted by molar-refractivity contribution is 9.10. The Morgan fingerprint density at radius 3 is 2.81 bits per heavy atom. The molecule has 0 fully saturated rings. The van der Waals surface area contributed by atoms with Crippen molar-refractivity contribution in [2.75, 3.05) is 5.32 Å². The summed E-state index contributed by atoms with van der Waals surface area (Å²) in [6.07, 6.45) is 2.35. The fourth-order valence-electron chi connectivity index (χ4n) is 1.72. The minimum Gasteiger partial charge on any atom is -0.324 e. The fourth-order valence-corrected chi connectivity index (χ4v) is 1.97. The third-order valence-corrected chi connectivity index (χ3v) is 3.89. The summed E-state index contributed by atoms with van der Waals surface area (Å²) in [4.78, 5) is 22.2. The number of nitro groups is 1. The Morgan fingerprint density at radius 2 is 2.24 bits per heavy atom. The van der Waals surface area contributed by atoms with E-state index in [2.05, 4.69) is 26.3 Å². The molecule has 1 heterocycles. The van der Waals surface area contributed by atoms with Gasteiger partial charge in [0.1, 0.15) is 18.4 Å². The molecule has 2 rings (SSSR count). The molecule has 0 aliphatic carbocycles. The van der Waals surface area contributed by atoms with Gasteiger partial charge in [-0.05, 0) is 37.6 Å². The number of nitrogens with one attached hydrogen (secondary N) is 1. The Bertz CT molecular complexity index is 698. The lowest BCUT2D eigenvalue weighted by molar-refractivity contribution is -0.385. The van der Waals surface area contributed by atoms with E-state index >= 15 is 0 Å². The van der Waals surface area contributed by atoms with Gasteiger partial charge in [-0.1, -0.05) is 15.9 Å². The third-order valence-electron chi connectivity index (χ3n) is 3.00. The molecule has 0 aliphatic heterocycles. The number of benzene rings is 1. The molecule has 0 spiro atoms. The lowest BCUT2D eigenvalue weighted by Crippen LogP contribution is -2.24. The van der Waals surface area contributed by atoms with Crippen LogP contribution in [-0.4, -0.2) is 20.6 Å². The monoisotopic (exact) mass is 352 g/mol. The van der Waals surface area contributed by atoms with Gasteiger partial charge in [0.15, 0.2) is 0 Å². The molecule has 110 valence electrons. The molecular formula is C13H13BrN4O3. The number of aryl methyl sites for hydroxylation is 1. The second-order valence-electron chi connectivity index (χ2n) is 4.56. The van der Waals surface area contributed by atoms with E-state index in [1.165, 1.54) is 10.9 Å². The first-order valence-electron chi connectivity index (χ1n) is 6.14. The van der Waals surface area contributed by atoms with E-state index in [1.807, 2.05) is 19.1 Å². The summed E-state index contributed by atoms with van der Waals surface area (Å²) in [5.74, 6) is -0.297. The van der Waals surface area contributed by atoms with Crippen molar-refractivity contribution in [1.82, 2.24) is 9.78 Å². The Kier molecular flexibility index (Phi) is 4.37. The zero-order valence-corrected chi connectivity index (χ0v) is 13.0. The highest BCUT2D eigenvalue weighted by atomic mass is 79.9. The van der Waals surface area contributed by atoms with Crippen LogP contribution in [0.1, 0.15) is 18.5 Å². The SMILES string of the molecule is Cc1cc(NC(=O)[C@H](C)n2cc([N+](=O)[O-])cn2)ccc1Br. The van der Waals surface area contributed by atoms with E-state index in [9.17, 15) is 14.9 Å². The van der Waals surface area contributed by atoms with E-state index in [-0.39, 0.29) is 11.6 Å². The van der Waals surface area contributed by atoms with Crippen molar-refractivity contribution in [2.24, 2.45) is 0 Å². The van der Waals surface area contributed by atoms with Crippen molar-refractivity contribution < 1.29 is 9.72 Å². The molecule has 2 aromatic rings. The Morgan fingerprint density at radius 1 is 1.52 bits per heavy atom. The Hall–Kier alpha value is -2.22. The van der Waals surface area contributed by atoms with Gasteiger partial charge < -0.3 is 5.32 Å². The van der Waals surface area contributed by atoms with Crippen LogP contribution in [0.4, 0.5) is 11.4 Å². The molecule has 7 nitrogen and oxygen atoms in total. The van der Waals surface area contributed by atoms with Crippen molar-refractivity contribution in [2.45, 2.75) is 19.9 Å². The average Bonchev–Trinajstić information content (AvgIpc) is 2.92. The standard InChI is InChI=1S/C13H13BrN4O3/c1-8-5-10(3-4-12(8)14)16-13(19)9(2)17-7-11(6-15-17)18(20)21/h3-7,9H,1-2H3,(H,16,19)/t9-/m0/s1. The first kappa shape index (κ1) is 15.2. The number of aromatic nitrogens is 2. The minimum atomic E-state index is -0.650. The molecule has 21 heavy (non-hydrogen) atoms. The van der Waals surface area contributed by atoms with Crippen LogP contribution >= 0.6 is 15.9 Å². The summed E-state index contributed by atoms with van der Waals surface area (Å²) in [6, 6.07) is 4.80. The number of halogens is 1. The molecule has 1 atom stereocenters. The molecule has 0 saturated heterocycles. The first-order valence-corrected chi connectivity index (χ1v) is 6.93. The van der Waals surface area contributed by atoms with Crippen LogP contribution in [0.2, 0.25) is 0 Å². The van der Waals surface area contributed by atoms with E-state index in [4.69, 9.17) is 0 Å². The number of carbonyl (C=O) groups is 1. The van der Waals surface area contributed by atoms with Crippen molar-refractivity contribution in [3.8, 4) is 0 Å². The van der Waals surface area contributed by atoms with Crippen molar-refractivity contribution in [1.29, 1.82) is 0 Å². The van der Waals surface area contributed by atoms with Crippen LogP contribution in [0, 0.1) is 17.0 Å². The van der Waals surface area contributed by atoms with Gasteiger partial charge in [-0.2, -0.15) is 5.10 Å². The lowest BCUT2D eigenvalue weighted by atomic mass is 10.2. The van der Waals surface area contributed by atoms with Crippen LogP contribution in [0.15, 0.2) is 35.1 Å². The van der Waals surface area contributed by atoms with Crippen LogP contribution in [-0.2, 0) is 4.79 Å². The minimum absolute atomic E-state index is 0.144. The molecule has 1 amide bonds. The van der Waals surface area contributed by atoms with Gasteiger partial charge in [-0.3, -0.25) is 19.6 Å². The van der Waals surface area contributed by atoms with Crippen LogP contribution < -0.4 is 5.32 Å². The molecule has 0 unspecified atom stereocenters. The van der Waals surface area contributed by atoms with Gasteiger partial charge in [-0.25, -0.2) is 0 Å². The Balaban J connectivity index is 2.11. The average molecular weight is 353 g/mol. The highest BCUT2D eigenvalue weighted by Crippen LogP contribution is 2.21. The van der Waals surface area contributed by atoms with E-state index in [0.29, 0.717) is 5.69 Å². The number of hydrogen-bond acceptors (Lipinski definition) is 4. The van der Waals surface area contributed by atoms with Gasteiger partial charge in [0.2, 0.25) is 5.91 Å². The molecule has 0 radical (unpaired) electrons. The number of hydrogen-bond donors (Lipinski definition) is 1. The Labute approximate surface area is 129 Å². The number of rotatable bonds is 4. The second kappa shape index (κ2) is 6.04. The summed E-state index contributed by atoms with van der Waals surface area (Å²) < 4.78 is 2.22. The summed E-state index contributed by atoms with van der Waals surface area (Å²) in [5.41, 5.74) is 1.51. The molecule has 1 aromatic carbocycles. The van der Waals surface area contributed by atoms with Crippen molar-refractivity contribution >= 4 is 33.2 Å². The van der Waals surface area contributed by atoms with Crippen LogP contribution in [0.25, 0.3) is 0 Å². The van der Waals surface area contributed by atoms with Gasteiger partial charge >= 0.3 is 5.69 Å². The van der Waals surface area contributed by atoms with E-state index in [1.54, 1.807) is 13.0 Å². The molecule has 8 heteroatoms. The van der Waals surface area contributed by atoms with E-state index in [0.717, 1.165) is 16.2 Å². The van der Waals surface area contributed by atoms with Crippen molar-refractivity contribution in [3.05, 3.63) is 50.7 Å². The maximum atomic E-state index is 12.1. The summed E-state index contributed by atoms with van der Waals surface area (Å²) in [6.45, 7) is 3.54. The topological polar surface area (TPSA) is 90.1 Å². The van der Waals surface area contributed by atoms with Crippen LogP contribution in [0.5, 0.6) is 0 Å². The van der Waals surface area contributed by atoms with Gasteiger partial charge in [0, 0.05) is 10.2 Å². The third kappa shape index (κ3) is 3.46. The number of nitrogens with zero attached hydrogens (tertiary/aromatic N) is 3. The molecule has 0 bridgehead atoms. The van der Waals surface area contributed by atoms with Gasteiger partial charge in [-0.15, -0.1) is 0 Å². The first-order chi connectivity index (χ1) is 9.88. The quantitative estimate of drug-likeness (QED) is 0.676. The second-order valence-corrected chi connectivity index (χ2v) is 5.42. The number of amides is 1. The summed E-state index contributed by atoms with van der Waals surface area (Å²) >= 11 is 3.39. The van der Waals surface area contributed by atoms with Crippen molar-refractivity contribution in [3.63, 3.8) is 0 Å². The zero-order chi connectivity index (χ0) is 15.6. The summed E-state index contributed by atoms with van der Waals surface area (Å²) in [7, 11) is 0. The highest BCUT2D eigenvalue weighted by Gasteiger charge is 2.19. The van der Waals surface area contributed by atoms with Gasteiger partial charge in [0.05, 0.1) is 4.92 Å². The molecule has 0 saturated carbocycles. The fraction of sp³-hybridized carbons (Fsp3) is 0.231. The predicted molar refractivity (Wildman–Crippen MR) is 81.1 cm³/mol. The molecule has 1 aromatic heterocycles. The number of anilines is 1. The normalized spacial score (nSPS) is 12.0. The lowest BCUT2D eigenvalue weighted by Gasteiger charge is -2.13. The molecular weight excluding hydrogens is 340 g/mol.